The summed E-state index contributed by atoms with van der Waals surface area (Å²) >= 11 is 12.1. The molecule has 0 radical (unpaired) electrons. The van der Waals surface area contributed by atoms with E-state index in [1.54, 1.807) is 6.07 Å². The summed E-state index contributed by atoms with van der Waals surface area (Å²) < 4.78 is 0. The van der Waals surface area contributed by atoms with E-state index in [0.29, 0.717) is 16.6 Å². The van der Waals surface area contributed by atoms with Gasteiger partial charge in [0, 0.05) is 24.8 Å². The average molecular weight is 309 g/mol. The summed E-state index contributed by atoms with van der Waals surface area (Å²) in [7, 11) is 0. The maximum atomic E-state index is 11.0. The molecule has 2 rings (SSSR count). The molecule has 0 aliphatic rings. The van der Waals surface area contributed by atoms with Gasteiger partial charge in [-0.1, -0.05) is 41.4 Å². The molecule has 1 amide bonds. The number of carbonyl (C=O) groups excluding carboxylic acids is 1. The molecule has 0 atom stereocenters. The Bertz CT molecular complexity index is 629. The molecule has 0 aliphatic heterocycles. The summed E-state index contributed by atoms with van der Waals surface area (Å²) in [6.07, 6.45) is 0. The van der Waals surface area contributed by atoms with E-state index >= 15 is 0 Å². The number of anilines is 2. The first-order valence-corrected chi connectivity index (χ1v) is 6.86. The van der Waals surface area contributed by atoms with Crippen LogP contribution in [-0.2, 0) is 11.3 Å². The van der Waals surface area contributed by atoms with Crippen LogP contribution in [0.4, 0.5) is 11.4 Å². The molecule has 0 heterocycles. The van der Waals surface area contributed by atoms with Gasteiger partial charge in [0.2, 0.25) is 5.91 Å². The molecule has 2 aromatic carbocycles. The van der Waals surface area contributed by atoms with Crippen molar-refractivity contribution in [2.75, 3.05) is 10.6 Å². The Morgan fingerprint density at radius 2 is 1.80 bits per heavy atom. The maximum absolute atomic E-state index is 11.0. The number of benzene rings is 2. The van der Waals surface area contributed by atoms with Crippen molar-refractivity contribution in [2.24, 2.45) is 0 Å². The number of nitrogens with one attached hydrogen (secondary N) is 2. The van der Waals surface area contributed by atoms with Gasteiger partial charge < -0.3 is 10.6 Å². The Labute approximate surface area is 127 Å². The minimum absolute atomic E-state index is 0.0972. The van der Waals surface area contributed by atoms with Gasteiger partial charge in [-0.2, -0.15) is 0 Å². The highest BCUT2D eigenvalue weighted by Crippen LogP contribution is 2.26. The van der Waals surface area contributed by atoms with Crippen LogP contribution in [0.3, 0.4) is 0 Å². The molecule has 104 valence electrons. The molecular formula is C15H14Cl2N2O. The number of amides is 1. The third-order valence-corrected chi connectivity index (χ3v) is 3.56. The Hall–Kier alpha value is -1.71. The summed E-state index contributed by atoms with van der Waals surface area (Å²) in [4.78, 5) is 11.0. The van der Waals surface area contributed by atoms with Crippen LogP contribution in [0.2, 0.25) is 10.0 Å². The highest BCUT2D eigenvalue weighted by molar-refractivity contribution is 6.42. The number of halogens is 2. The largest absolute Gasteiger partial charge is 0.381 e. The van der Waals surface area contributed by atoms with Crippen LogP contribution in [0.15, 0.2) is 42.5 Å². The summed E-state index contributed by atoms with van der Waals surface area (Å²) in [6, 6.07) is 13.0. The zero-order valence-corrected chi connectivity index (χ0v) is 12.4. The van der Waals surface area contributed by atoms with E-state index in [2.05, 4.69) is 10.6 Å². The minimum Gasteiger partial charge on any atom is -0.381 e. The predicted octanol–water partition coefficient (Wildman–Crippen LogP) is 4.56. The van der Waals surface area contributed by atoms with Crippen LogP contribution in [0.1, 0.15) is 12.5 Å². The quantitative estimate of drug-likeness (QED) is 0.869. The van der Waals surface area contributed by atoms with Crippen LogP contribution in [0, 0.1) is 0 Å². The van der Waals surface area contributed by atoms with Gasteiger partial charge in [-0.25, -0.2) is 0 Å². The van der Waals surface area contributed by atoms with Crippen molar-refractivity contribution in [3.63, 3.8) is 0 Å². The fourth-order valence-corrected chi connectivity index (χ4v) is 2.18. The first kappa shape index (κ1) is 14.7. The van der Waals surface area contributed by atoms with E-state index in [1.807, 2.05) is 36.4 Å². The van der Waals surface area contributed by atoms with Gasteiger partial charge >= 0.3 is 0 Å². The van der Waals surface area contributed by atoms with Crippen molar-refractivity contribution in [3.8, 4) is 0 Å². The first-order chi connectivity index (χ1) is 9.56. The number of rotatable bonds is 4. The fourth-order valence-electron chi connectivity index (χ4n) is 1.79. The van der Waals surface area contributed by atoms with Crippen LogP contribution in [0.5, 0.6) is 0 Å². The van der Waals surface area contributed by atoms with Gasteiger partial charge in [0.15, 0.2) is 0 Å². The molecule has 0 saturated carbocycles. The van der Waals surface area contributed by atoms with E-state index in [4.69, 9.17) is 23.2 Å². The second-order valence-corrected chi connectivity index (χ2v) is 5.11. The lowest BCUT2D eigenvalue weighted by atomic mass is 10.2. The lowest BCUT2D eigenvalue weighted by Crippen LogP contribution is -2.06. The third-order valence-electron chi connectivity index (χ3n) is 2.70. The molecule has 0 saturated heterocycles. The molecular weight excluding hydrogens is 295 g/mol. The maximum Gasteiger partial charge on any atom is 0.221 e. The van der Waals surface area contributed by atoms with E-state index in [9.17, 15) is 4.79 Å². The van der Waals surface area contributed by atoms with E-state index in [-0.39, 0.29) is 5.91 Å². The van der Waals surface area contributed by atoms with Gasteiger partial charge in [-0.15, -0.1) is 0 Å². The Morgan fingerprint density at radius 3 is 2.55 bits per heavy atom. The molecule has 2 N–H and O–H groups in total. The molecule has 0 unspecified atom stereocenters. The van der Waals surface area contributed by atoms with Crippen molar-refractivity contribution in [1.82, 2.24) is 0 Å². The Kier molecular flexibility index (Phi) is 4.88. The van der Waals surface area contributed by atoms with Gasteiger partial charge in [0.05, 0.1) is 10.0 Å². The second kappa shape index (κ2) is 6.64. The SMILES string of the molecule is CC(=O)Nc1cccc(NCc2cccc(Cl)c2Cl)c1. The van der Waals surface area contributed by atoms with Crippen molar-refractivity contribution in [1.29, 1.82) is 0 Å². The predicted molar refractivity (Wildman–Crippen MR) is 84.5 cm³/mol. The molecule has 2 aromatic rings. The van der Waals surface area contributed by atoms with Crippen molar-refractivity contribution >= 4 is 40.5 Å². The molecule has 0 fully saturated rings. The fraction of sp³-hybridized carbons (Fsp3) is 0.133. The molecule has 0 aliphatic carbocycles. The van der Waals surface area contributed by atoms with E-state index < -0.39 is 0 Å². The van der Waals surface area contributed by atoms with Crippen LogP contribution in [-0.4, -0.2) is 5.91 Å². The molecule has 0 bridgehead atoms. The second-order valence-electron chi connectivity index (χ2n) is 4.33. The topological polar surface area (TPSA) is 41.1 Å². The molecule has 3 nitrogen and oxygen atoms in total. The van der Waals surface area contributed by atoms with Gasteiger partial charge in [0.25, 0.3) is 0 Å². The molecule has 5 heteroatoms. The van der Waals surface area contributed by atoms with Gasteiger partial charge in [0.1, 0.15) is 0 Å². The standard InChI is InChI=1S/C15H14Cl2N2O/c1-10(20)19-13-6-3-5-12(8-13)18-9-11-4-2-7-14(16)15(11)17/h2-8,18H,9H2,1H3,(H,19,20). The monoisotopic (exact) mass is 308 g/mol. The zero-order valence-electron chi connectivity index (χ0n) is 10.9. The van der Waals surface area contributed by atoms with Gasteiger partial charge in [-0.3, -0.25) is 4.79 Å². The molecule has 0 spiro atoms. The Morgan fingerprint density at radius 1 is 1.10 bits per heavy atom. The summed E-state index contributed by atoms with van der Waals surface area (Å²) in [5.74, 6) is -0.0972. The molecule has 0 aromatic heterocycles. The number of hydrogen-bond donors (Lipinski definition) is 2. The minimum atomic E-state index is -0.0972. The van der Waals surface area contributed by atoms with Crippen LogP contribution >= 0.6 is 23.2 Å². The smallest absolute Gasteiger partial charge is 0.221 e. The van der Waals surface area contributed by atoms with Crippen molar-refractivity contribution in [2.45, 2.75) is 13.5 Å². The lowest BCUT2D eigenvalue weighted by molar-refractivity contribution is -0.114. The molecule has 20 heavy (non-hydrogen) atoms. The number of carbonyl (C=O) groups is 1. The van der Waals surface area contributed by atoms with Crippen molar-refractivity contribution in [3.05, 3.63) is 58.1 Å². The summed E-state index contributed by atoms with van der Waals surface area (Å²) in [5, 5.41) is 7.08. The highest BCUT2D eigenvalue weighted by Gasteiger charge is 2.04. The number of hydrogen-bond acceptors (Lipinski definition) is 2. The summed E-state index contributed by atoms with van der Waals surface area (Å²) in [6.45, 7) is 2.04. The van der Waals surface area contributed by atoms with E-state index in [1.165, 1.54) is 6.92 Å². The summed E-state index contributed by atoms with van der Waals surface area (Å²) in [5.41, 5.74) is 2.57. The van der Waals surface area contributed by atoms with Crippen LogP contribution < -0.4 is 10.6 Å². The average Bonchev–Trinajstić information content (AvgIpc) is 2.40. The Balaban J connectivity index is 2.07. The first-order valence-electron chi connectivity index (χ1n) is 6.10. The van der Waals surface area contributed by atoms with Gasteiger partial charge in [-0.05, 0) is 29.8 Å². The van der Waals surface area contributed by atoms with Crippen LogP contribution in [0.25, 0.3) is 0 Å². The highest BCUT2D eigenvalue weighted by atomic mass is 35.5. The lowest BCUT2D eigenvalue weighted by Gasteiger charge is -2.10. The van der Waals surface area contributed by atoms with E-state index in [0.717, 1.165) is 16.9 Å². The van der Waals surface area contributed by atoms with Crippen molar-refractivity contribution < 1.29 is 4.79 Å². The zero-order chi connectivity index (χ0) is 14.5. The normalized spacial score (nSPS) is 10.2. The third kappa shape index (κ3) is 3.89.